The maximum atomic E-state index is 13.1. The van der Waals surface area contributed by atoms with Crippen molar-refractivity contribution in [3.8, 4) is 11.1 Å². The summed E-state index contributed by atoms with van der Waals surface area (Å²) >= 11 is 5.93. The molecule has 0 radical (unpaired) electrons. The van der Waals surface area contributed by atoms with Gasteiger partial charge in [0.05, 0.1) is 6.61 Å². The minimum atomic E-state index is -4.64. The minimum Gasteiger partial charge on any atom is -0.461 e. The molecule has 0 saturated carbocycles. The quantitative estimate of drug-likeness (QED) is 0.845. The maximum Gasteiger partial charge on any atom is 0.431 e. The number of carbonyl (C=O) groups excluding carboxylic acids is 1. The summed E-state index contributed by atoms with van der Waals surface area (Å²) in [6.45, 7) is 1.64. The fourth-order valence-electron chi connectivity index (χ4n) is 1.89. The van der Waals surface area contributed by atoms with Crippen LogP contribution < -0.4 is 0 Å². The summed E-state index contributed by atoms with van der Waals surface area (Å²) in [7, 11) is 0. The molecule has 1 aromatic carbocycles. The molecule has 0 aliphatic rings. The van der Waals surface area contributed by atoms with Gasteiger partial charge in [0.15, 0.2) is 0 Å². The third kappa shape index (κ3) is 3.21. The van der Waals surface area contributed by atoms with E-state index >= 15 is 0 Å². The van der Waals surface area contributed by atoms with Crippen LogP contribution >= 0.6 is 11.6 Å². The zero-order valence-corrected chi connectivity index (χ0v) is 11.7. The van der Waals surface area contributed by atoms with Gasteiger partial charge in [-0.1, -0.05) is 29.8 Å². The lowest BCUT2D eigenvalue weighted by atomic mass is 10.1. The summed E-state index contributed by atoms with van der Waals surface area (Å²) < 4.78 is 44.0. The first kappa shape index (κ1) is 15.4. The van der Waals surface area contributed by atoms with E-state index in [2.05, 4.69) is 4.98 Å². The molecule has 0 unspecified atom stereocenters. The van der Waals surface area contributed by atoms with Crippen molar-refractivity contribution in [2.75, 3.05) is 6.61 Å². The molecule has 1 heterocycles. The highest BCUT2D eigenvalue weighted by Crippen LogP contribution is 2.39. The van der Waals surface area contributed by atoms with Crippen LogP contribution in [0.2, 0.25) is 5.02 Å². The summed E-state index contributed by atoms with van der Waals surface area (Å²) in [5.41, 5.74) is -1.29. The molecule has 0 fully saturated rings. The first-order valence-electron chi connectivity index (χ1n) is 6.06. The number of benzene rings is 1. The molecule has 7 heteroatoms. The number of ether oxygens (including phenoxy) is 1. The van der Waals surface area contributed by atoms with Gasteiger partial charge in [0.25, 0.3) is 0 Å². The van der Waals surface area contributed by atoms with Gasteiger partial charge >= 0.3 is 12.1 Å². The van der Waals surface area contributed by atoms with Crippen LogP contribution in [0.4, 0.5) is 13.2 Å². The number of nitrogens with one attached hydrogen (secondary N) is 1. The van der Waals surface area contributed by atoms with Crippen LogP contribution in [0.3, 0.4) is 0 Å². The standard InChI is InChI=1S/C14H11ClF3NO2/c1-2-21-13(20)11-7-9(12(19-11)14(16,17)18)8-5-3-4-6-10(8)15/h3-7,19H,2H2,1H3. The Balaban J connectivity index is 2.59. The van der Waals surface area contributed by atoms with Crippen molar-refractivity contribution in [3.05, 3.63) is 46.7 Å². The van der Waals surface area contributed by atoms with Gasteiger partial charge in [-0.3, -0.25) is 0 Å². The van der Waals surface area contributed by atoms with Crippen LogP contribution in [0.5, 0.6) is 0 Å². The molecular formula is C14H11ClF3NO2. The molecule has 1 N–H and O–H groups in total. The first-order chi connectivity index (χ1) is 9.84. The SMILES string of the molecule is CCOC(=O)c1cc(-c2ccccc2Cl)c(C(F)(F)F)[nH]1. The van der Waals surface area contributed by atoms with E-state index in [1.165, 1.54) is 12.1 Å². The average molecular weight is 318 g/mol. The number of carbonyl (C=O) groups is 1. The smallest absolute Gasteiger partial charge is 0.431 e. The van der Waals surface area contributed by atoms with E-state index in [4.69, 9.17) is 16.3 Å². The van der Waals surface area contributed by atoms with E-state index in [0.717, 1.165) is 6.07 Å². The first-order valence-corrected chi connectivity index (χ1v) is 6.44. The van der Waals surface area contributed by atoms with Gasteiger partial charge in [0.1, 0.15) is 11.4 Å². The number of alkyl halides is 3. The van der Waals surface area contributed by atoms with E-state index in [-0.39, 0.29) is 28.5 Å². The number of aromatic amines is 1. The predicted molar refractivity (Wildman–Crippen MR) is 72.2 cm³/mol. The van der Waals surface area contributed by atoms with Crippen LogP contribution in [-0.4, -0.2) is 17.6 Å². The van der Waals surface area contributed by atoms with Crippen LogP contribution in [0.15, 0.2) is 30.3 Å². The molecule has 0 amide bonds. The number of aromatic nitrogens is 1. The Morgan fingerprint density at radius 2 is 1.95 bits per heavy atom. The predicted octanol–water partition coefficient (Wildman–Crippen LogP) is 4.53. The van der Waals surface area contributed by atoms with E-state index in [1.54, 1.807) is 19.1 Å². The third-order valence-corrected chi connectivity index (χ3v) is 3.09. The molecular weight excluding hydrogens is 307 g/mol. The number of rotatable bonds is 3. The average Bonchev–Trinajstić information content (AvgIpc) is 2.84. The Hall–Kier alpha value is -1.95. The number of hydrogen-bond donors (Lipinski definition) is 1. The van der Waals surface area contributed by atoms with E-state index < -0.39 is 17.8 Å². The maximum absolute atomic E-state index is 13.1. The van der Waals surface area contributed by atoms with Crippen molar-refractivity contribution in [1.29, 1.82) is 0 Å². The fourth-order valence-corrected chi connectivity index (χ4v) is 2.13. The van der Waals surface area contributed by atoms with Gasteiger partial charge < -0.3 is 9.72 Å². The molecule has 0 atom stereocenters. The van der Waals surface area contributed by atoms with Gasteiger partial charge in [-0.2, -0.15) is 13.2 Å². The van der Waals surface area contributed by atoms with Crippen molar-refractivity contribution in [2.24, 2.45) is 0 Å². The highest BCUT2D eigenvalue weighted by atomic mass is 35.5. The third-order valence-electron chi connectivity index (χ3n) is 2.76. The van der Waals surface area contributed by atoms with Crippen molar-refractivity contribution in [1.82, 2.24) is 4.98 Å². The van der Waals surface area contributed by atoms with E-state index in [9.17, 15) is 18.0 Å². The highest BCUT2D eigenvalue weighted by molar-refractivity contribution is 6.33. The highest BCUT2D eigenvalue weighted by Gasteiger charge is 2.37. The number of esters is 1. The molecule has 0 aliphatic heterocycles. The molecule has 3 nitrogen and oxygen atoms in total. The van der Waals surface area contributed by atoms with Gasteiger partial charge in [0, 0.05) is 16.1 Å². The van der Waals surface area contributed by atoms with E-state index in [1.807, 2.05) is 0 Å². The lowest BCUT2D eigenvalue weighted by Gasteiger charge is -2.09. The second-order valence-electron chi connectivity index (χ2n) is 4.17. The molecule has 1 aromatic heterocycles. The summed E-state index contributed by atoms with van der Waals surface area (Å²) in [5, 5.41) is 0.164. The molecule has 21 heavy (non-hydrogen) atoms. The van der Waals surface area contributed by atoms with Gasteiger partial charge in [-0.15, -0.1) is 0 Å². The van der Waals surface area contributed by atoms with Crippen molar-refractivity contribution < 1.29 is 22.7 Å². The Bertz CT molecular complexity index is 664. The van der Waals surface area contributed by atoms with E-state index in [0.29, 0.717) is 0 Å². The Kier molecular flexibility index (Phi) is 4.27. The van der Waals surface area contributed by atoms with Gasteiger partial charge in [-0.05, 0) is 19.1 Å². The zero-order chi connectivity index (χ0) is 15.6. The number of H-pyrrole nitrogens is 1. The zero-order valence-electron chi connectivity index (χ0n) is 10.9. The second-order valence-corrected chi connectivity index (χ2v) is 4.58. The lowest BCUT2D eigenvalue weighted by Crippen LogP contribution is -2.09. The normalized spacial score (nSPS) is 11.5. The topological polar surface area (TPSA) is 42.1 Å². The van der Waals surface area contributed by atoms with Crippen LogP contribution in [0, 0.1) is 0 Å². The molecule has 0 bridgehead atoms. The van der Waals surface area contributed by atoms with Crippen molar-refractivity contribution >= 4 is 17.6 Å². The Morgan fingerprint density at radius 1 is 1.29 bits per heavy atom. The molecule has 112 valence electrons. The van der Waals surface area contributed by atoms with Crippen molar-refractivity contribution in [2.45, 2.75) is 13.1 Å². The summed E-state index contributed by atoms with van der Waals surface area (Å²) in [4.78, 5) is 13.7. The van der Waals surface area contributed by atoms with Crippen molar-refractivity contribution in [3.63, 3.8) is 0 Å². The molecule has 0 spiro atoms. The fraction of sp³-hybridized carbons (Fsp3) is 0.214. The molecule has 0 saturated heterocycles. The largest absolute Gasteiger partial charge is 0.461 e. The lowest BCUT2D eigenvalue weighted by molar-refractivity contribution is -0.140. The van der Waals surface area contributed by atoms with Gasteiger partial charge in [-0.25, -0.2) is 4.79 Å². The molecule has 2 aromatic rings. The Labute approximate surface area is 123 Å². The number of hydrogen-bond acceptors (Lipinski definition) is 2. The minimum absolute atomic E-state index is 0.0701. The van der Waals surface area contributed by atoms with Gasteiger partial charge in [0.2, 0.25) is 0 Å². The summed E-state index contributed by atoms with van der Waals surface area (Å²) in [6.07, 6.45) is -4.64. The van der Waals surface area contributed by atoms with Crippen LogP contribution in [0.25, 0.3) is 11.1 Å². The monoisotopic (exact) mass is 317 g/mol. The number of halogens is 4. The molecule has 2 rings (SSSR count). The van der Waals surface area contributed by atoms with Crippen LogP contribution in [-0.2, 0) is 10.9 Å². The second kappa shape index (κ2) is 5.81. The summed E-state index contributed by atoms with van der Waals surface area (Å²) in [5.74, 6) is -0.846. The van der Waals surface area contributed by atoms with Crippen LogP contribution in [0.1, 0.15) is 23.1 Å². The molecule has 0 aliphatic carbocycles. The summed E-state index contributed by atoms with van der Waals surface area (Å²) in [6, 6.07) is 7.21. The Morgan fingerprint density at radius 3 is 2.52 bits per heavy atom.